The number of nitrogens with zero attached hydrogens (tertiary/aromatic N) is 1. The molecule has 3 nitrogen and oxygen atoms in total. The van der Waals surface area contributed by atoms with Crippen LogP contribution in [0.2, 0.25) is 5.02 Å². The fourth-order valence-corrected chi connectivity index (χ4v) is 3.36. The van der Waals surface area contributed by atoms with Crippen LogP contribution in [0.3, 0.4) is 0 Å². The zero-order valence-corrected chi connectivity index (χ0v) is 12.4. The van der Waals surface area contributed by atoms with Crippen LogP contribution in [-0.4, -0.2) is 35.6 Å². The maximum absolute atomic E-state index is 12.2. The van der Waals surface area contributed by atoms with Crippen molar-refractivity contribution in [1.82, 2.24) is 4.90 Å². The summed E-state index contributed by atoms with van der Waals surface area (Å²) in [4.78, 5) is 13.9. The summed E-state index contributed by atoms with van der Waals surface area (Å²) in [6, 6.07) is 11.2. The molecule has 3 rings (SSSR count). The largest absolute Gasteiger partial charge is 0.415 e. The molecule has 2 aromatic rings. The molecule has 0 N–H and O–H groups in total. The van der Waals surface area contributed by atoms with Crippen LogP contribution in [-0.2, 0) is 0 Å². The standard InChI is InChI=1S/C15H14ClNO2S/c16-13-5-6-14(12-4-2-1-3-11(12)13)19-15(18)17-7-9-20-10-8-17/h1-6H,7-10H2. The minimum absolute atomic E-state index is 0.280. The van der Waals surface area contributed by atoms with Crippen molar-refractivity contribution >= 4 is 40.2 Å². The number of carbonyl (C=O) groups is 1. The van der Waals surface area contributed by atoms with Gasteiger partial charge in [0.2, 0.25) is 0 Å². The smallest absolute Gasteiger partial charge is 0.410 e. The average Bonchev–Trinajstić information content (AvgIpc) is 2.51. The van der Waals surface area contributed by atoms with E-state index in [0.29, 0.717) is 10.8 Å². The van der Waals surface area contributed by atoms with E-state index in [-0.39, 0.29) is 6.09 Å². The number of halogens is 1. The van der Waals surface area contributed by atoms with Crippen molar-refractivity contribution < 1.29 is 9.53 Å². The van der Waals surface area contributed by atoms with E-state index in [1.807, 2.05) is 36.0 Å². The van der Waals surface area contributed by atoms with Crippen LogP contribution in [0.1, 0.15) is 0 Å². The molecule has 1 amide bonds. The van der Waals surface area contributed by atoms with Gasteiger partial charge in [0.1, 0.15) is 5.75 Å². The second-order valence-electron chi connectivity index (χ2n) is 4.56. The lowest BCUT2D eigenvalue weighted by Gasteiger charge is -2.25. The van der Waals surface area contributed by atoms with Gasteiger partial charge in [-0.15, -0.1) is 0 Å². The molecule has 1 aliphatic rings. The summed E-state index contributed by atoms with van der Waals surface area (Å²) in [5.74, 6) is 2.50. The molecule has 20 heavy (non-hydrogen) atoms. The van der Waals surface area contributed by atoms with E-state index < -0.39 is 0 Å². The number of hydrogen-bond acceptors (Lipinski definition) is 3. The van der Waals surface area contributed by atoms with Gasteiger partial charge in [0, 0.05) is 40.4 Å². The Bertz CT molecular complexity index is 641. The lowest BCUT2D eigenvalue weighted by molar-refractivity contribution is 0.157. The SMILES string of the molecule is O=C(Oc1ccc(Cl)c2ccccc12)N1CCSCC1. The predicted molar refractivity (Wildman–Crippen MR) is 83.9 cm³/mol. The molecule has 0 bridgehead atoms. The monoisotopic (exact) mass is 307 g/mol. The average molecular weight is 308 g/mol. The first-order chi connectivity index (χ1) is 9.75. The number of fused-ring (bicyclic) bond motifs is 1. The zero-order valence-electron chi connectivity index (χ0n) is 10.8. The summed E-state index contributed by atoms with van der Waals surface area (Å²) in [6.07, 6.45) is -0.280. The molecule has 0 spiro atoms. The van der Waals surface area contributed by atoms with E-state index in [1.165, 1.54) is 0 Å². The van der Waals surface area contributed by atoms with Crippen molar-refractivity contribution in [3.63, 3.8) is 0 Å². The fourth-order valence-electron chi connectivity index (χ4n) is 2.23. The predicted octanol–water partition coefficient (Wildman–Crippen LogP) is 4.04. The highest BCUT2D eigenvalue weighted by Gasteiger charge is 2.19. The highest BCUT2D eigenvalue weighted by Crippen LogP contribution is 2.31. The Morgan fingerprint density at radius 1 is 1.10 bits per heavy atom. The molecule has 1 fully saturated rings. The van der Waals surface area contributed by atoms with Crippen LogP contribution in [0.15, 0.2) is 36.4 Å². The Kier molecular flexibility index (Phi) is 4.03. The number of hydrogen-bond donors (Lipinski definition) is 0. The van der Waals surface area contributed by atoms with Crippen LogP contribution >= 0.6 is 23.4 Å². The second kappa shape index (κ2) is 5.94. The van der Waals surface area contributed by atoms with Crippen molar-refractivity contribution in [2.45, 2.75) is 0 Å². The Morgan fingerprint density at radius 2 is 1.80 bits per heavy atom. The maximum Gasteiger partial charge on any atom is 0.415 e. The first kappa shape index (κ1) is 13.6. The summed E-state index contributed by atoms with van der Waals surface area (Å²) < 4.78 is 5.54. The van der Waals surface area contributed by atoms with Gasteiger partial charge < -0.3 is 9.64 Å². The number of ether oxygens (including phenoxy) is 1. The highest BCUT2D eigenvalue weighted by atomic mass is 35.5. The summed E-state index contributed by atoms with van der Waals surface area (Å²) in [7, 11) is 0. The molecule has 0 unspecified atom stereocenters. The molecule has 0 aromatic heterocycles. The Morgan fingerprint density at radius 3 is 2.55 bits per heavy atom. The van der Waals surface area contributed by atoms with Gasteiger partial charge >= 0.3 is 6.09 Å². The zero-order chi connectivity index (χ0) is 13.9. The third-order valence-corrected chi connectivity index (χ3v) is 4.57. The maximum atomic E-state index is 12.2. The topological polar surface area (TPSA) is 29.5 Å². The van der Waals surface area contributed by atoms with Gasteiger partial charge in [-0.3, -0.25) is 0 Å². The van der Waals surface area contributed by atoms with E-state index in [4.69, 9.17) is 16.3 Å². The molecule has 0 aliphatic carbocycles. The molecule has 2 aromatic carbocycles. The van der Waals surface area contributed by atoms with E-state index in [9.17, 15) is 4.79 Å². The van der Waals surface area contributed by atoms with Crippen molar-refractivity contribution in [3.05, 3.63) is 41.4 Å². The highest BCUT2D eigenvalue weighted by molar-refractivity contribution is 7.99. The second-order valence-corrected chi connectivity index (χ2v) is 6.19. The third-order valence-electron chi connectivity index (χ3n) is 3.30. The lowest BCUT2D eigenvalue weighted by atomic mass is 10.1. The third kappa shape index (κ3) is 2.72. The molecule has 0 atom stereocenters. The van der Waals surface area contributed by atoms with Gasteiger partial charge in [-0.2, -0.15) is 11.8 Å². The number of amides is 1. The molecule has 0 saturated carbocycles. The van der Waals surface area contributed by atoms with Gasteiger partial charge in [-0.25, -0.2) is 4.79 Å². The molecule has 1 heterocycles. The minimum Gasteiger partial charge on any atom is -0.410 e. The van der Waals surface area contributed by atoms with Gasteiger partial charge in [0.15, 0.2) is 0 Å². The van der Waals surface area contributed by atoms with E-state index in [1.54, 1.807) is 17.0 Å². The summed E-state index contributed by atoms with van der Waals surface area (Å²) in [6.45, 7) is 1.49. The van der Waals surface area contributed by atoms with E-state index in [2.05, 4.69) is 0 Å². The van der Waals surface area contributed by atoms with Crippen molar-refractivity contribution in [2.75, 3.05) is 24.6 Å². The molecule has 104 valence electrons. The van der Waals surface area contributed by atoms with Gasteiger partial charge in [-0.1, -0.05) is 35.9 Å². The Labute approximate surface area is 126 Å². The van der Waals surface area contributed by atoms with Crippen LogP contribution < -0.4 is 4.74 Å². The fraction of sp³-hybridized carbons (Fsp3) is 0.267. The minimum atomic E-state index is -0.280. The van der Waals surface area contributed by atoms with E-state index >= 15 is 0 Å². The summed E-state index contributed by atoms with van der Waals surface area (Å²) >= 11 is 8.02. The molecule has 1 saturated heterocycles. The molecule has 1 aliphatic heterocycles. The van der Waals surface area contributed by atoms with Gasteiger partial charge in [0.05, 0.1) is 0 Å². The first-order valence-corrected chi connectivity index (χ1v) is 8.01. The van der Waals surface area contributed by atoms with Crippen LogP contribution in [0.25, 0.3) is 10.8 Å². The van der Waals surface area contributed by atoms with Crippen LogP contribution in [0, 0.1) is 0 Å². The van der Waals surface area contributed by atoms with Crippen molar-refractivity contribution in [3.8, 4) is 5.75 Å². The lowest BCUT2D eigenvalue weighted by Crippen LogP contribution is -2.39. The number of thioether (sulfide) groups is 1. The van der Waals surface area contributed by atoms with Gasteiger partial charge in [0.25, 0.3) is 0 Å². The first-order valence-electron chi connectivity index (χ1n) is 6.47. The molecule has 5 heteroatoms. The molecular weight excluding hydrogens is 294 g/mol. The Hall–Kier alpha value is -1.39. The normalized spacial score (nSPS) is 15.3. The summed E-state index contributed by atoms with van der Waals surface area (Å²) in [5.41, 5.74) is 0. The van der Waals surface area contributed by atoms with Crippen LogP contribution in [0.5, 0.6) is 5.75 Å². The summed E-state index contributed by atoms with van der Waals surface area (Å²) in [5, 5.41) is 2.42. The number of rotatable bonds is 1. The number of benzene rings is 2. The Balaban J connectivity index is 1.87. The van der Waals surface area contributed by atoms with E-state index in [0.717, 1.165) is 35.4 Å². The van der Waals surface area contributed by atoms with Crippen LogP contribution in [0.4, 0.5) is 4.79 Å². The molecular formula is C15H14ClNO2S. The number of carbonyl (C=O) groups excluding carboxylic acids is 1. The van der Waals surface area contributed by atoms with Crippen molar-refractivity contribution in [1.29, 1.82) is 0 Å². The van der Waals surface area contributed by atoms with Gasteiger partial charge in [-0.05, 0) is 12.1 Å². The molecule has 0 radical (unpaired) electrons. The van der Waals surface area contributed by atoms with Crippen molar-refractivity contribution in [2.24, 2.45) is 0 Å². The quantitative estimate of drug-likeness (QED) is 0.796.